The molecule has 6 heteroatoms. The van der Waals surface area contributed by atoms with Crippen LogP contribution in [-0.4, -0.2) is 19.1 Å². The molecule has 0 spiro atoms. The van der Waals surface area contributed by atoms with Gasteiger partial charge in [0.2, 0.25) is 0 Å². The molecule has 0 aliphatic heterocycles. The van der Waals surface area contributed by atoms with E-state index in [0.29, 0.717) is 5.75 Å². The van der Waals surface area contributed by atoms with E-state index >= 15 is 0 Å². The van der Waals surface area contributed by atoms with Gasteiger partial charge in [-0.3, -0.25) is 9.42 Å². The summed E-state index contributed by atoms with van der Waals surface area (Å²) in [6.07, 6.45) is 0. The number of phosphoric ester groups is 1. The Kier molecular flexibility index (Phi) is 3.52. The quantitative estimate of drug-likeness (QED) is 0.781. The molecule has 0 saturated heterocycles. The van der Waals surface area contributed by atoms with Crippen LogP contribution in [0.5, 0.6) is 11.5 Å². The van der Waals surface area contributed by atoms with Crippen LogP contribution in [0.25, 0.3) is 0 Å². The second-order valence-electron chi connectivity index (χ2n) is 2.42. The Morgan fingerprint density at radius 3 is 2.50 bits per heavy atom. The van der Waals surface area contributed by atoms with Crippen LogP contribution in [0.4, 0.5) is 0 Å². The van der Waals surface area contributed by atoms with E-state index in [-0.39, 0.29) is 5.75 Å². The molecule has 0 saturated carbocycles. The topological polar surface area (TPSA) is 65.0 Å². The molecular formula is C8H11O5P. The summed E-state index contributed by atoms with van der Waals surface area (Å²) in [5.41, 5.74) is 0. The number of hydrogen-bond acceptors (Lipinski definition) is 4. The van der Waals surface area contributed by atoms with Gasteiger partial charge in [0.25, 0.3) is 0 Å². The molecular weight excluding hydrogens is 207 g/mol. The van der Waals surface area contributed by atoms with Crippen LogP contribution < -0.4 is 9.26 Å². The van der Waals surface area contributed by atoms with Gasteiger partial charge < -0.3 is 9.26 Å². The fourth-order valence-electron chi connectivity index (χ4n) is 0.828. The Labute approximate surface area is 81.8 Å². The lowest BCUT2D eigenvalue weighted by molar-refractivity contribution is 0.242. The highest BCUT2D eigenvalue weighted by Crippen LogP contribution is 2.43. The molecule has 1 aromatic carbocycles. The third kappa shape index (κ3) is 3.03. The predicted octanol–water partition coefficient (Wildman–Crippen LogP) is 1.82. The molecule has 0 heterocycles. The molecule has 0 aliphatic carbocycles. The number of benzene rings is 1. The molecule has 0 amide bonds. The Morgan fingerprint density at radius 2 is 1.93 bits per heavy atom. The number of ether oxygens (including phenoxy) is 1. The summed E-state index contributed by atoms with van der Waals surface area (Å²) >= 11 is 0. The Morgan fingerprint density at radius 1 is 1.29 bits per heavy atom. The average molecular weight is 218 g/mol. The maximum Gasteiger partial charge on any atom is 0.527 e. The van der Waals surface area contributed by atoms with Crippen molar-refractivity contribution in [2.75, 3.05) is 14.2 Å². The number of rotatable bonds is 4. The SMILES string of the molecule is COc1cccc(OP(=O)(O)OC)c1. The largest absolute Gasteiger partial charge is 0.527 e. The lowest BCUT2D eigenvalue weighted by Crippen LogP contribution is -1.93. The van der Waals surface area contributed by atoms with Crippen LogP contribution in [0, 0.1) is 0 Å². The molecule has 1 aromatic rings. The molecule has 14 heavy (non-hydrogen) atoms. The van der Waals surface area contributed by atoms with Gasteiger partial charge in [-0.25, -0.2) is 4.57 Å². The zero-order valence-electron chi connectivity index (χ0n) is 7.84. The standard InChI is InChI=1S/C8H11O5P/c1-11-7-4-3-5-8(6-7)13-14(9,10)12-2/h3-6H,1-2H3,(H,9,10). The highest BCUT2D eigenvalue weighted by molar-refractivity contribution is 7.47. The van der Waals surface area contributed by atoms with Crippen molar-refractivity contribution in [1.82, 2.24) is 0 Å². The molecule has 5 nitrogen and oxygen atoms in total. The molecule has 1 atom stereocenters. The van der Waals surface area contributed by atoms with E-state index in [1.165, 1.54) is 19.2 Å². The zero-order valence-corrected chi connectivity index (χ0v) is 8.73. The molecule has 0 fully saturated rings. The zero-order chi connectivity index (χ0) is 10.6. The average Bonchev–Trinajstić information content (AvgIpc) is 2.17. The van der Waals surface area contributed by atoms with Crippen molar-refractivity contribution < 1.29 is 23.2 Å². The van der Waals surface area contributed by atoms with E-state index in [9.17, 15) is 4.57 Å². The summed E-state index contributed by atoms with van der Waals surface area (Å²) in [5, 5.41) is 0. The van der Waals surface area contributed by atoms with Gasteiger partial charge in [-0.1, -0.05) is 6.07 Å². The molecule has 0 radical (unpaired) electrons. The minimum Gasteiger partial charge on any atom is -0.497 e. The molecule has 1 unspecified atom stereocenters. The fourth-order valence-corrected chi connectivity index (χ4v) is 1.28. The monoisotopic (exact) mass is 218 g/mol. The van der Waals surface area contributed by atoms with E-state index < -0.39 is 7.82 Å². The highest BCUT2D eigenvalue weighted by atomic mass is 31.2. The van der Waals surface area contributed by atoms with E-state index in [0.717, 1.165) is 7.11 Å². The lowest BCUT2D eigenvalue weighted by Gasteiger charge is -2.10. The Hall–Kier alpha value is -1.03. The minimum absolute atomic E-state index is 0.219. The first-order valence-corrected chi connectivity index (χ1v) is 5.29. The van der Waals surface area contributed by atoms with Crippen molar-refractivity contribution in [3.63, 3.8) is 0 Å². The van der Waals surface area contributed by atoms with Crippen molar-refractivity contribution >= 4 is 7.82 Å². The molecule has 0 aliphatic rings. The second-order valence-corrected chi connectivity index (χ2v) is 3.91. The second kappa shape index (κ2) is 4.46. The summed E-state index contributed by atoms with van der Waals surface area (Å²) in [5.74, 6) is 0.760. The van der Waals surface area contributed by atoms with E-state index in [2.05, 4.69) is 4.52 Å². The van der Waals surface area contributed by atoms with Crippen LogP contribution in [0.2, 0.25) is 0 Å². The van der Waals surface area contributed by atoms with Crippen molar-refractivity contribution in [1.29, 1.82) is 0 Å². The summed E-state index contributed by atoms with van der Waals surface area (Å²) in [6, 6.07) is 6.36. The van der Waals surface area contributed by atoms with Crippen LogP contribution >= 0.6 is 7.82 Å². The molecule has 1 rings (SSSR count). The van der Waals surface area contributed by atoms with Gasteiger partial charge >= 0.3 is 7.82 Å². The number of hydrogen-bond donors (Lipinski definition) is 1. The third-order valence-electron chi connectivity index (χ3n) is 1.49. The fraction of sp³-hybridized carbons (Fsp3) is 0.250. The predicted molar refractivity (Wildman–Crippen MR) is 50.5 cm³/mol. The van der Waals surface area contributed by atoms with Crippen molar-refractivity contribution in [2.45, 2.75) is 0 Å². The van der Waals surface area contributed by atoms with Crippen LogP contribution in [0.15, 0.2) is 24.3 Å². The van der Waals surface area contributed by atoms with Gasteiger partial charge in [-0.05, 0) is 12.1 Å². The van der Waals surface area contributed by atoms with Crippen LogP contribution in [0.1, 0.15) is 0 Å². The van der Waals surface area contributed by atoms with Gasteiger partial charge in [0, 0.05) is 13.2 Å². The summed E-state index contributed by atoms with van der Waals surface area (Å²) in [4.78, 5) is 9.01. The third-order valence-corrected chi connectivity index (χ3v) is 2.40. The number of methoxy groups -OCH3 is 1. The summed E-state index contributed by atoms with van der Waals surface area (Å²) in [6.45, 7) is 0. The first kappa shape index (κ1) is 11.0. The van der Waals surface area contributed by atoms with Gasteiger partial charge in [0.05, 0.1) is 7.11 Å². The molecule has 1 N–H and O–H groups in total. The maximum atomic E-state index is 11.0. The van der Waals surface area contributed by atoms with E-state index in [1.54, 1.807) is 12.1 Å². The maximum absolute atomic E-state index is 11.0. The molecule has 0 bridgehead atoms. The number of phosphoric acid groups is 1. The summed E-state index contributed by atoms with van der Waals surface area (Å²) < 4.78 is 24.9. The van der Waals surface area contributed by atoms with E-state index in [1.807, 2.05) is 0 Å². The van der Waals surface area contributed by atoms with E-state index in [4.69, 9.17) is 14.2 Å². The van der Waals surface area contributed by atoms with Crippen molar-refractivity contribution in [2.24, 2.45) is 0 Å². The highest BCUT2D eigenvalue weighted by Gasteiger charge is 2.20. The minimum atomic E-state index is -3.98. The van der Waals surface area contributed by atoms with Gasteiger partial charge in [0.1, 0.15) is 11.5 Å². The Bertz CT molecular complexity index is 351. The van der Waals surface area contributed by atoms with Gasteiger partial charge in [-0.15, -0.1) is 0 Å². The molecule has 78 valence electrons. The summed E-state index contributed by atoms with van der Waals surface area (Å²) in [7, 11) is -1.39. The smallest absolute Gasteiger partial charge is 0.497 e. The first-order chi connectivity index (χ1) is 6.57. The van der Waals surface area contributed by atoms with Gasteiger partial charge in [0.15, 0.2) is 0 Å². The normalized spacial score (nSPS) is 14.5. The van der Waals surface area contributed by atoms with Crippen LogP contribution in [0.3, 0.4) is 0 Å². The van der Waals surface area contributed by atoms with Crippen LogP contribution in [-0.2, 0) is 9.09 Å². The first-order valence-electron chi connectivity index (χ1n) is 3.79. The van der Waals surface area contributed by atoms with Gasteiger partial charge in [-0.2, -0.15) is 0 Å². The Balaban J connectivity index is 2.82. The van der Waals surface area contributed by atoms with Crippen molar-refractivity contribution in [3.05, 3.63) is 24.3 Å². The molecule has 0 aromatic heterocycles. The lowest BCUT2D eigenvalue weighted by atomic mass is 10.3. The van der Waals surface area contributed by atoms with Crippen molar-refractivity contribution in [3.8, 4) is 11.5 Å².